The smallest absolute Gasteiger partial charge is 0.227 e. The van der Waals surface area contributed by atoms with Gasteiger partial charge in [-0.25, -0.2) is 0 Å². The van der Waals surface area contributed by atoms with Crippen molar-refractivity contribution in [1.29, 1.82) is 0 Å². The number of ether oxygens (including phenoxy) is 1. The first-order valence-corrected chi connectivity index (χ1v) is 7.30. The van der Waals surface area contributed by atoms with Crippen molar-refractivity contribution in [2.75, 3.05) is 33.3 Å². The van der Waals surface area contributed by atoms with E-state index in [2.05, 4.69) is 10.2 Å². The average Bonchev–Trinajstić information content (AvgIpc) is 2.82. The van der Waals surface area contributed by atoms with Crippen molar-refractivity contribution in [2.45, 2.75) is 25.8 Å². The Morgan fingerprint density at radius 3 is 2.90 bits per heavy atom. The van der Waals surface area contributed by atoms with Crippen LogP contribution in [0.2, 0.25) is 0 Å². The predicted octanol–water partition coefficient (Wildman–Crippen LogP) is 1.22. The van der Waals surface area contributed by atoms with Gasteiger partial charge in [-0.15, -0.1) is 0 Å². The highest BCUT2D eigenvalue weighted by atomic mass is 16.5. The molecule has 0 amide bonds. The molecule has 5 nitrogen and oxygen atoms in total. The largest absolute Gasteiger partial charge is 0.490 e. The highest BCUT2D eigenvalue weighted by Crippen LogP contribution is 2.38. The van der Waals surface area contributed by atoms with E-state index in [0.29, 0.717) is 12.0 Å². The molecule has 0 aliphatic carbocycles. The Balaban J connectivity index is 1.64. The van der Waals surface area contributed by atoms with Crippen LogP contribution in [0.15, 0.2) is 21.5 Å². The monoisotopic (exact) mass is 278 g/mol. The Morgan fingerprint density at radius 1 is 1.40 bits per heavy atom. The number of nitrogens with one attached hydrogen (secondary N) is 1. The van der Waals surface area contributed by atoms with Crippen LogP contribution < -0.4 is 15.5 Å². The van der Waals surface area contributed by atoms with Crippen molar-refractivity contribution in [2.24, 2.45) is 5.41 Å². The maximum Gasteiger partial charge on any atom is 0.227 e. The van der Waals surface area contributed by atoms with Gasteiger partial charge in [-0.1, -0.05) is 0 Å². The summed E-state index contributed by atoms with van der Waals surface area (Å²) in [7, 11) is 1.48. The van der Waals surface area contributed by atoms with Gasteiger partial charge in [0.05, 0.1) is 13.7 Å². The number of nitrogens with zero attached hydrogens (tertiary/aromatic N) is 1. The predicted molar refractivity (Wildman–Crippen MR) is 76.0 cm³/mol. The van der Waals surface area contributed by atoms with Gasteiger partial charge < -0.3 is 14.5 Å². The van der Waals surface area contributed by atoms with Crippen LogP contribution in [-0.2, 0) is 6.54 Å². The van der Waals surface area contributed by atoms with Crippen molar-refractivity contribution in [3.63, 3.8) is 0 Å². The SMILES string of the molecule is COc1coc(CN2CCC3(CCNCC3)C2)cc1=O. The van der Waals surface area contributed by atoms with Gasteiger partial charge in [-0.2, -0.15) is 0 Å². The first kappa shape index (κ1) is 13.6. The lowest BCUT2D eigenvalue weighted by molar-refractivity contribution is 0.188. The van der Waals surface area contributed by atoms with Crippen LogP contribution in [0.4, 0.5) is 0 Å². The summed E-state index contributed by atoms with van der Waals surface area (Å²) in [6.07, 6.45) is 5.19. The van der Waals surface area contributed by atoms with Gasteiger partial charge in [0.15, 0.2) is 0 Å². The van der Waals surface area contributed by atoms with E-state index in [1.54, 1.807) is 6.07 Å². The van der Waals surface area contributed by atoms with Crippen LogP contribution in [0.25, 0.3) is 0 Å². The lowest BCUT2D eigenvalue weighted by Crippen LogP contribution is -2.38. The van der Waals surface area contributed by atoms with Crippen molar-refractivity contribution in [3.05, 3.63) is 28.3 Å². The summed E-state index contributed by atoms with van der Waals surface area (Å²) >= 11 is 0. The van der Waals surface area contributed by atoms with Gasteiger partial charge in [0.2, 0.25) is 11.2 Å². The molecule has 0 aromatic carbocycles. The molecule has 2 saturated heterocycles. The highest BCUT2D eigenvalue weighted by Gasteiger charge is 2.38. The van der Waals surface area contributed by atoms with Crippen LogP contribution in [0.1, 0.15) is 25.0 Å². The molecule has 0 saturated carbocycles. The fourth-order valence-corrected chi connectivity index (χ4v) is 3.42. The summed E-state index contributed by atoms with van der Waals surface area (Å²) in [5.41, 5.74) is 0.377. The Bertz CT molecular complexity index is 520. The van der Waals surface area contributed by atoms with E-state index in [4.69, 9.17) is 9.15 Å². The number of piperidine rings is 1. The van der Waals surface area contributed by atoms with E-state index in [9.17, 15) is 4.79 Å². The van der Waals surface area contributed by atoms with E-state index in [-0.39, 0.29) is 11.2 Å². The fourth-order valence-electron chi connectivity index (χ4n) is 3.42. The van der Waals surface area contributed by atoms with Crippen molar-refractivity contribution < 1.29 is 9.15 Å². The molecule has 0 unspecified atom stereocenters. The molecule has 0 bridgehead atoms. The summed E-state index contributed by atoms with van der Waals surface area (Å²) in [6.45, 7) is 5.19. The average molecular weight is 278 g/mol. The summed E-state index contributed by atoms with van der Waals surface area (Å²) in [5, 5.41) is 3.43. The maximum absolute atomic E-state index is 11.7. The normalized spacial score (nSPS) is 22.2. The van der Waals surface area contributed by atoms with Gasteiger partial charge in [0.25, 0.3) is 0 Å². The third-order valence-corrected chi connectivity index (χ3v) is 4.63. The molecule has 110 valence electrons. The molecule has 1 aromatic rings. The van der Waals surface area contributed by atoms with Crippen LogP contribution in [0.3, 0.4) is 0 Å². The molecule has 2 fully saturated rings. The van der Waals surface area contributed by atoms with Gasteiger partial charge in [-0.3, -0.25) is 9.69 Å². The van der Waals surface area contributed by atoms with E-state index in [0.717, 1.165) is 31.9 Å². The molecule has 3 heterocycles. The van der Waals surface area contributed by atoms with E-state index < -0.39 is 0 Å². The lowest BCUT2D eigenvalue weighted by atomic mass is 9.78. The molecule has 20 heavy (non-hydrogen) atoms. The summed E-state index contributed by atoms with van der Waals surface area (Å²) in [5.74, 6) is 0.992. The second kappa shape index (κ2) is 5.58. The highest BCUT2D eigenvalue weighted by molar-refractivity contribution is 5.17. The maximum atomic E-state index is 11.7. The van der Waals surface area contributed by atoms with E-state index in [1.165, 1.54) is 32.6 Å². The second-order valence-corrected chi connectivity index (χ2v) is 5.99. The Hall–Kier alpha value is -1.33. The van der Waals surface area contributed by atoms with Crippen LogP contribution in [0, 0.1) is 5.41 Å². The molecule has 2 aliphatic heterocycles. The zero-order chi connectivity index (χ0) is 14.0. The first-order valence-electron chi connectivity index (χ1n) is 7.30. The molecule has 1 aromatic heterocycles. The molecule has 1 N–H and O–H groups in total. The van der Waals surface area contributed by atoms with Gasteiger partial charge in [0, 0.05) is 12.6 Å². The number of hydrogen-bond acceptors (Lipinski definition) is 5. The van der Waals surface area contributed by atoms with Crippen LogP contribution >= 0.6 is 0 Å². The Labute approximate surface area is 118 Å². The minimum Gasteiger partial charge on any atom is -0.490 e. The Morgan fingerprint density at radius 2 is 2.20 bits per heavy atom. The topological polar surface area (TPSA) is 54.7 Å². The van der Waals surface area contributed by atoms with Gasteiger partial charge in [-0.05, 0) is 44.3 Å². The zero-order valence-electron chi connectivity index (χ0n) is 12.0. The molecule has 1 spiro atoms. The lowest BCUT2D eigenvalue weighted by Gasteiger charge is -2.33. The number of rotatable bonds is 3. The van der Waals surface area contributed by atoms with Gasteiger partial charge in [0.1, 0.15) is 12.0 Å². The molecule has 5 heteroatoms. The third kappa shape index (κ3) is 2.74. The Kier molecular flexibility index (Phi) is 3.81. The van der Waals surface area contributed by atoms with Crippen LogP contribution in [0.5, 0.6) is 5.75 Å². The fraction of sp³-hybridized carbons (Fsp3) is 0.667. The standard InChI is InChI=1S/C15H22N2O3/c1-19-14-10-20-12(8-13(14)18)9-17-7-4-15(11-17)2-5-16-6-3-15/h8,10,16H,2-7,9,11H2,1H3. The molecule has 0 atom stereocenters. The van der Waals surface area contributed by atoms with E-state index >= 15 is 0 Å². The second-order valence-electron chi connectivity index (χ2n) is 5.99. The van der Waals surface area contributed by atoms with Crippen molar-refractivity contribution in [3.8, 4) is 5.75 Å². The number of likely N-dealkylation sites (tertiary alicyclic amines) is 1. The number of hydrogen-bond donors (Lipinski definition) is 1. The van der Waals surface area contributed by atoms with Gasteiger partial charge >= 0.3 is 0 Å². The van der Waals surface area contributed by atoms with Crippen molar-refractivity contribution >= 4 is 0 Å². The summed E-state index contributed by atoms with van der Waals surface area (Å²) in [4.78, 5) is 14.1. The summed E-state index contributed by atoms with van der Waals surface area (Å²) < 4.78 is 10.4. The number of methoxy groups -OCH3 is 1. The molecule has 0 radical (unpaired) electrons. The quantitative estimate of drug-likeness (QED) is 0.901. The minimum atomic E-state index is -0.107. The van der Waals surface area contributed by atoms with Crippen LogP contribution in [-0.4, -0.2) is 38.2 Å². The van der Waals surface area contributed by atoms with Crippen molar-refractivity contribution in [1.82, 2.24) is 10.2 Å². The van der Waals surface area contributed by atoms with E-state index in [1.807, 2.05) is 0 Å². The third-order valence-electron chi connectivity index (χ3n) is 4.63. The summed E-state index contributed by atoms with van der Waals surface area (Å²) in [6, 6.07) is 1.55. The minimum absolute atomic E-state index is 0.107. The zero-order valence-corrected chi connectivity index (χ0v) is 12.0. The molecule has 3 rings (SSSR count). The molecule has 2 aliphatic rings. The first-order chi connectivity index (χ1) is 9.71. The molecular formula is C15H22N2O3. The molecular weight excluding hydrogens is 256 g/mol.